The lowest BCUT2D eigenvalue weighted by molar-refractivity contribution is 0.842. The molecule has 0 aromatic carbocycles. The van der Waals surface area contributed by atoms with Crippen molar-refractivity contribution in [2.75, 3.05) is 0 Å². The molecule has 3 heteroatoms. The molecule has 0 aromatic rings. The highest BCUT2D eigenvalue weighted by Crippen LogP contribution is 2.55. The van der Waals surface area contributed by atoms with Gasteiger partial charge in [-0.25, -0.2) is 0 Å². The van der Waals surface area contributed by atoms with Crippen molar-refractivity contribution in [2.24, 2.45) is 0 Å². The summed E-state index contributed by atoms with van der Waals surface area (Å²) in [6.07, 6.45) is 1.42. The van der Waals surface area contributed by atoms with Crippen LogP contribution < -0.4 is 0 Å². The third-order valence-electron chi connectivity index (χ3n) is 4.37. The van der Waals surface area contributed by atoms with Crippen molar-refractivity contribution >= 4 is 24.2 Å². The first kappa shape index (κ1) is 15.7. The van der Waals surface area contributed by atoms with E-state index in [2.05, 4.69) is 65.8 Å². The molecule has 0 heterocycles. The van der Waals surface area contributed by atoms with Gasteiger partial charge in [-0.1, -0.05) is 72.3 Å². The molecule has 0 radical (unpaired) electrons. The zero-order chi connectivity index (χ0) is 12.7. The molecule has 0 atom stereocenters. The minimum Gasteiger partial charge on any atom is -0.0696 e. The van der Waals surface area contributed by atoms with Crippen molar-refractivity contribution in [1.82, 2.24) is 0 Å². The molecule has 0 aliphatic rings. The fraction of sp³-hybridized carbons (Fsp3) is 1.00. The lowest BCUT2D eigenvalue weighted by atomic mass is 10.5. The van der Waals surface area contributed by atoms with Crippen molar-refractivity contribution in [1.29, 1.82) is 0 Å². The molecule has 0 saturated carbocycles. The van der Waals surface area contributed by atoms with Gasteiger partial charge in [0.1, 0.15) is 0 Å². The van der Waals surface area contributed by atoms with Gasteiger partial charge in [0, 0.05) is 24.2 Å². The maximum Gasteiger partial charge on any atom is 0.0452 e. The van der Waals surface area contributed by atoms with Crippen LogP contribution in [0.5, 0.6) is 0 Å². The first-order valence-corrected chi connectivity index (χ1v) is 16.8. The van der Waals surface area contributed by atoms with Gasteiger partial charge < -0.3 is 0 Å². The normalized spacial score (nSPS) is 15.6. The molecule has 0 spiro atoms. The topological polar surface area (TPSA) is 0 Å². The number of rotatable bonds is 4. The molecule has 0 unspecified atom stereocenters. The average Bonchev–Trinajstić information content (AvgIpc) is 1.76. The highest BCUT2D eigenvalue weighted by molar-refractivity contribution is 7.15. The van der Waals surface area contributed by atoms with Crippen LogP contribution in [-0.4, -0.2) is 24.2 Å². The minimum absolute atomic E-state index is 0.771. The van der Waals surface area contributed by atoms with Gasteiger partial charge in [-0.2, -0.15) is 0 Å². The van der Waals surface area contributed by atoms with E-state index in [1.165, 1.54) is 6.42 Å². The largest absolute Gasteiger partial charge is 0.0696 e. The van der Waals surface area contributed by atoms with Gasteiger partial charge in [-0.05, 0) is 4.28 Å². The SMILES string of the molecule is CCC([Si](C)(C)C)([Si](C)(C)C)[Si](C)(C)C. The van der Waals surface area contributed by atoms with Crippen LogP contribution in [0.15, 0.2) is 0 Å². The molecule has 0 saturated heterocycles. The molecule has 0 nitrogen and oxygen atoms in total. The molecule has 0 amide bonds. The van der Waals surface area contributed by atoms with Crippen LogP contribution in [0, 0.1) is 0 Å². The van der Waals surface area contributed by atoms with Gasteiger partial charge in [0.25, 0.3) is 0 Å². The summed E-state index contributed by atoms with van der Waals surface area (Å²) in [6.45, 7) is 25.9. The summed E-state index contributed by atoms with van der Waals surface area (Å²) in [5.74, 6) is 0. The van der Waals surface area contributed by atoms with E-state index in [4.69, 9.17) is 0 Å². The van der Waals surface area contributed by atoms with Crippen LogP contribution in [0.25, 0.3) is 0 Å². The second-order valence-electron chi connectivity index (χ2n) is 8.01. The van der Waals surface area contributed by atoms with Gasteiger partial charge in [0.15, 0.2) is 0 Å². The van der Waals surface area contributed by atoms with Gasteiger partial charge in [-0.15, -0.1) is 0 Å². The van der Waals surface area contributed by atoms with Crippen LogP contribution >= 0.6 is 0 Å². The molecule has 0 N–H and O–H groups in total. The molecule has 0 aliphatic heterocycles. The quantitative estimate of drug-likeness (QED) is 0.607. The Bertz CT molecular complexity index is 176. The smallest absolute Gasteiger partial charge is 0.0452 e. The van der Waals surface area contributed by atoms with Crippen LogP contribution in [0.4, 0.5) is 0 Å². The summed E-state index contributed by atoms with van der Waals surface area (Å²) in [7, 11) is -3.25. The van der Waals surface area contributed by atoms with Gasteiger partial charge in [0.2, 0.25) is 0 Å². The van der Waals surface area contributed by atoms with E-state index in [1.54, 1.807) is 0 Å². The van der Waals surface area contributed by atoms with Crippen LogP contribution in [0.3, 0.4) is 0 Å². The minimum atomic E-state index is -1.08. The lowest BCUT2D eigenvalue weighted by Gasteiger charge is -2.59. The molecule has 0 aliphatic carbocycles. The first-order valence-electron chi connectivity index (χ1n) is 6.31. The van der Waals surface area contributed by atoms with Crippen LogP contribution in [0.2, 0.25) is 63.2 Å². The monoisotopic (exact) mass is 260 g/mol. The average molecular weight is 261 g/mol. The zero-order valence-corrected chi connectivity index (χ0v) is 15.7. The summed E-state index contributed by atoms with van der Waals surface area (Å²) in [6, 6.07) is 0. The van der Waals surface area contributed by atoms with E-state index in [1.807, 2.05) is 0 Å². The summed E-state index contributed by atoms with van der Waals surface area (Å²) < 4.78 is 0.771. The van der Waals surface area contributed by atoms with Crippen molar-refractivity contribution in [3.05, 3.63) is 0 Å². The molecule has 0 fully saturated rings. The Kier molecular flexibility index (Phi) is 4.33. The molecule has 0 aromatic heterocycles. The second-order valence-corrected chi connectivity index (χ2v) is 25.6. The van der Waals surface area contributed by atoms with Crippen LogP contribution in [-0.2, 0) is 0 Å². The highest BCUT2D eigenvalue weighted by Gasteiger charge is 2.58. The van der Waals surface area contributed by atoms with E-state index in [0.29, 0.717) is 0 Å². The third-order valence-corrected chi connectivity index (χ3v) is 26.6. The Balaban J connectivity index is 5.78. The van der Waals surface area contributed by atoms with Gasteiger partial charge >= 0.3 is 0 Å². The van der Waals surface area contributed by atoms with Crippen molar-refractivity contribution in [2.45, 2.75) is 76.6 Å². The lowest BCUT2D eigenvalue weighted by Crippen LogP contribution is -2.65. The summed E-state index contributed by atoms with van der Waals surface area (Å²) in [5, 5.41) is 0. The zero-order valence-electron chi connectivity index (χ0n) is 12.7. The maximum absolute atomic E-state index is 2.60. The fourth-order valence-corrected chi connectivity index (χ4v) is 35.1. The summed E-state index contributed by atoms with van der Waals surface area (Å²) >= 11 is 0. The van der Waals surface area contributed by atoms with Gasteiger partial charge in [0.05, 0.1) is 0 Å². The molecular formula is C12H32Si3. The molecular weight excluding hydrogens is 228 g/mol. The third kappa shape index (κ3) is 2.50. The molecule has 92 valence electrons. The molecule has 0 rings (SSSR count). The number of hydrogen-bond acceptors (Lipinski definition) is 0. The molecule has 0 bridgehead atoms. The number of hydrogen-bond donors (Lipinski definition) is 0. The predicted octanol–water partition coefficient (Wildman–Crippen LogP) is 5.23. The van der Waals surface area contributed by atoms with E-state index < -0.39 is 24.2 Å². The Morgan fingerprint density at radius 1 is 0.600 bits per heavy atom. The fourth-order valence-electron chi connectivity index (χ4n) is 4.97. The van der Waals surface area contributed by atoms with Crippen molar-refractivity contribution < 1.29 is 0 Å². The first-order chi connectivity index (χ1) is 6.31. The molecule has 15 heavy (non-hydrogen) atoms. The summed E-state index contributed by atoms with van der Waals surface area (Å²) in [4.78, 5) is 0. The van der Waals surface area contributed by atoms with E-state index in [0.717, 1.165) is 4.28 Å². The van der Waals surface area contributed by atoms with Gasteiger partial charge in [-0.3, -0.25) is 0 Å². The second kappa shape index (κ2) is 4.15. The maximum atomic E-state index is 2.60. The Labute approximate surface area is 101 Å². The predicted molar refractivity (Wildman–Crippen MR) is 83.0 cm³/mol. The summed E-state index contributed by atoms with van der Waals surface area (Å²) in [5.41, 5.74) is 0. The van der Waals surface area contributed by atoms with E-state index in [9.17, 15) is 0 Å². The Hall–Kier alpha value is 0.651. The van der Waals surface area contributed by atoms with Crippen molar-refractivity contribution in [3.8, 4) is 0 Å². The Morgan fingerprint density at radius 3 is 0.800 bits per heavy atom. The standard InChI is InChI=1S/C12H32Si3/c1-11-12(13(2,3)4,14(5,6)7)15(8,9)10/h11H2,1-10H3. The van der Waals surface area contributed by atoms with E-state index >= 15 is 0 Å². The van der Waals surface area contributed by atoms with E-state index in [-0.39, 0.29) is 0 Å². The van der Waals surface area contributed by atoms with Crippen molar-refractivity contribution in [3.63, 3.8) is 0 Å². The highest BCUT2D eigenvalue weighted by atomic mass is 28.5. The Morgan fingerprint density at radius 2 is 0.800 bits per heavy atom. The van der Waals surface area contributed by atoms with Crippen LogP contribution in [0.1, 0.15) is 13.3 Å².